The lowest BCUT2D eigenvalue weighted by Gasteiger charge is -2.22. The number of aliphatic hydroxyl groups is 2. The van der Waals surface area contributed by atoms with E-state index in [1.165, 1.54) is 334 Å². The van der Waals surface area contributed by atoms with Crippen LogP contribution in [-0.2, 0) is 14.3 Å². The van der Waals surface area contributed by atoms with E-state index in [0.29, 0.717) is 25.9 Å². The minimum Gasteiger partial charge on any atom is -0.466 e. The van der Waals surface area contributed by atoms with Crippen LogP contribution >= 0.6 is 0 Å². The molecular formula is C69H137NO5. The minimum absolute atomic E-state index is 0.0222. The van der Waals surface area contributed by atoms with E-state index >= 15 is 0 Å². The Morgan fingerprint density at radius 2 is 0.547 bits per heavy atom. The molecular weight excluding hydrogens is 923 g/mol. The summed E-state index contributed by atoms with van der Waals surface area (Å²) in [6.07, 6.45) is 78.6. The van der Waals surface area contributed by atoms with Crippen LogP contribution in [0.25, 0.3) is 0 Å². The number of unbranched alkanes of at least 4 members (excludes halogenated alkanes) is 55. The van der Waals surface area contributed by atoms with Gasteiger partial charge in [0.2, 0.25) is 5.91 Å². The van der Waals surface area contributed by atoms with Crippen LogP contribution in [0, 0.1) is 0 Å². The Labute approximate surface area is 470 Å². The number of rotatable bonds is 66. The number of aliphatic hydroxyl groups excluding tert-OH is 2. The zero-order valence-electron chi connectivity index (χ0n) is 51.3. The molecule has 0 spiro atoms. The van der Waals surface area contributed by atoms with Crippen molar-refractivity contribution in [3.05, 3.63) is 0 Å². The van der Waals surface area contributed by atoms with Gasteiger partial charge < -0.3 is 20.3 Å². The first kappa shape index (κ1) is 73.9. The largest absolute Gasteiger partial charge is 0.466 e. The summed E-state index contributed by atoms with van der Waals surface area (Å²) in [5.74, 6) is -0.00594. The summed E-state index contributed by atoms with van der Waals surface area (Å²) in [7, 11) is 0. The molecule has 0 fully saturated rings. The van der Waals surface area contributed by atoms with Gasteiger partial charge in [-0.15, -0.1) is 0 Å². The normalized spacial score (nSPS) is 12.4. The van der Waals surface area contributed by atoms with Gasteiger partial charge in [-0.3, -0.25) is 9.59 Å². The van der Waals surface area contributed by atoms with Crippen LogP contribution in [0.2, 0.25) is 0 Å². The first-order valence-corrected chi connectivity index (χ1v) is 34.8. The first-order valence-electron chi connectivity index (χ1n) is 34.8. The molecule has 0 aromatic carbocycles. The monoisotopic (exact) mass is 1060 g/mol. The summed E-state index contributed by atoms with van der Waals surface area (Å²) in [5.41, 5.74) is 0. The molecule has 0 saturated heterocycles. The molecule has 75 heavy (non-hydrogen) atoms. The molecule has 0 aliphatic rings. The van der Waals surface area contributed by atoms with Crippen LogP contribution in [0.4, 0.5) is 0 Å². The molecule has 6 heteroatoms. The molecule has 0 aromatic rings. The standard InChI is InChI=1S/C69H137NO5/c1-3-5-7-9-11-13-15-17-19-34-37-41-45-49-53-57-61-67(72)66(65-71)70-68(73)62-58-54-50-46-42-38-35-31-29-27-25-23-21-20-22-24-26-28-30-32-36-40-44-48-52-56-60-64-75-69(74)63-59-55-51-47-43-39-33-18-16-14-12-10-8-6-4-2/h66-67,71-72H,3-65H2,1-2H3,(H,70,73). The molecule has 448 valence electrons. The van der Waals surface area contributed by atoms with Crippen LogP contribution in [0.3, 0.4) is 0 Å². The maximum atomic E-state index is 12.5. The van der Waals surface area contributed by atoms with Crippen LogP contribution in [0.1, 0.15) is 406 Å². The molecule has 1 amide bonds. The highest BCUT2D eigenvalue weighted by Gasteiger charge is 2.20. The summed E-state index contributed by atoms with van der Waals surface area (Å²) < 4.78 is 5.50. The van der Waals surface area contributed by atoms with Gasteiger partial charge in [0.1, 0.15) is 0 Å². The van der Waals surface area contributed by atoms with Crippen LogP contribution < -0.4 is 5.32 Å². The predicted octanol–water partition coefficient (Wildman–Crippen LogP) is 22.2. The van der Waals surface area contributed by atoms with E-state index in [-0.39, 0.29) is 18.5 Å². The van der Waals surface area contributed by atoms with Crippen molar-refractivity contribution < 1.29 is 24.5 Å². The van der Waals surface area contributed by atoms with Gasteiger partial charge >= 0.3 is 5.97 Å². The van der Waals surface area contributed by atoms with E-state index in [9.17, 15) is 19.8 Å². The van der Waals surface area contributed by atoms with E-state index in [0.717, 1.165) is 38.5 Å². The Morgan fingerprint density at radius 3 is 0.813 bits per heavy atom. The van der Waals surface area contributed by atoms with E-state index in [4.69, 9.17) is 4.74 Å². The molecule has 0 aromatic heterocycles. The highest BCUT2D eigenvalue weighted by atomic mass is 16.5. The zero-order chi connectivity index (χ0) is 54.3. The van der Waals surface area contributed by atoms with Crippen molar-refractivity contribution in [1.82, 2.24) is 5.32 Å². The third-order valence-corrected chi connectivity index (χ3v) is 16.7. The highest BCUT2D eigenvalue weighted by Crippen LogP contribution is 2.19. The van der Waals surface area contributed by atoms with Crippen molar-refractivity contribution in [1.29, 1.82) is 0 Å². The lowest BCUT2D eigenvalue weighted by Crippen LogP contribution is -2.45. The van der Waals surface area contributed by atoms with Gasteiger partial charge in [-0.2, -0.15) is 0 Å². The third-order valence-electron chi connectivity index (χ3n) is 16.7. The Hall–Kier alpha value is -1.14. The van der Waals surface area contributed by atoms with Crippen molar-refractivity contribution in [2.75, 3.05) is 13.2 Å². The maximum absolute atomic E-state index is 12.5. The second-order valence-corrected chi connectivity index (χ2v) is 24.2. The molecule has 0 saturated carbocycles. The molecule has 6 nitrogen and oxygen atoms in total. The predicted molar refractivity (Wildman–Crippen MR) is 329 cm³/mol. The molecule has 2 unspecified atom stereocenters. The Morgan fingerprint density at radius 1 is 0.320 bits per heavy atom. The number of ether oxygens (including phenoxy) is 1. The zero-order valence-corrected chi connectivity index (χ0v) is 51.3. The molecule has 0 aliphatic heterocycles. The van der Waals surface area contributed by atoms with E-state index < -0.39 is 12.1 Å². The molecule has 2 atom stereocenters. The minimum atomic E-state index is -0.661. The molecule has 0 rings (SSSR count). The fraction of sp³-hybridized carbons (Fsp3) is 0.971. The number of carbonyl (C=O) groups excluding carboxylic acids is 2. The summed E-state index contributed by atoms with van der Waals surface area (Å²) in [5, 5.41) is 23.3. The Kier molecular flexibility index (Phi) is 64.4. The molecule has 0 bridgehead atoms. The average Bonchev–Trinajstić information content (AvgIpc) is 3.41. The van der Waals surface area contributed by atoms with Gasteiger partial charge in [0.15, 0.2) is 0 Å². The van der Waals surface area contributed by atoms with E-state index in [2.05, 4.69) is 19.2 Å². The van der Waals surface area contributed by atoms with Crippen molar-refractivity contribution in [2.24, 2.45) is 0 Å². The summed E-state index contributed by atoms with van der Waals surface area (Å²) in [6, 6.07) is -0.538. The lowest BCUT2D eigenvalue weighted by atomic mass is 10.0. The summed E-state index contributed by atoms with van der Waals surface area (Å²) in [6.45, 7) is 5.00. The Balaban J connectivity index is 3.32. The first-order chi connectivity index (χ1) is 37.0. The van der Waals surface area contributed by atoms with Crippen molar-refractivity contribution >= 4 is 11.9 Å². The van der Waals surface area contributed by atoms with E-state index in [1.807, 2.05) is 0 Å². The fourth-order valence-corrected chi connectivity index (χ4v) is 11.4. The third kappa shape index (κ3) is 61.9. The van der Waals surface area contributed by atoms with E-state index in [1.54, 1.807) is 0 Å². The second-order valence-electron chi connectivity index (χ2n) is 24.2. The smallest absolute Gasteiger partial charge is 0.305 e. The number of nitrogens with one attached hydrogen (secondary N) is 1. The van der Waals surface area contributed by atoms with Crippen LogP contribution in [0.15, 0.2) is 0 Å². The molecule has 0 heterocycles. The number of hydrogen-bond acceptors (Lipinski definition) is 5. The SMILES string of the molecule is CCCCCCCCCCCCCCCCCCC(O)C(CO)NC(=O)CCCCCCCCCCCCCCCCCCCCCCCCCCCCCOC(=O)CCCCCCCCCCCCCCCCC. The average molecular weight is 1060 g/mol. The van der Waals surface area contributed by atoms with Gasteiger partial charge in [-0.25, -0.2) is 0 Å². The van der Waals surface area contributed by atoms with Crippen LogP contribution in [-0.4, -0.2) is 47.4 Å². The number of hydrogen-bond donors (Lipinski definition) is 3. The van der Waals surface area contributed by atoms with Gasteiger partial charge in [-0.1, -0.05) is 367 Å². The fourth-order valence-electron chi connectivity index (χ4n) is 11.4. The topological polar surface area (TPSA) is 95.9 Å². The van der Waals surface area contributed by atoms with Crippen molar-refractivity contribution in [2.45, 2.75) is 418 Å². The number of esters is 1. The van der Waals surface area contributed by atoms with Gasteiger partial charge in [0.05, 0.1) is 25.4 Å². The lowest BCUT2D eigenvalue weighted by molar-refractivity contribution is -0.143. The van der Waals surface area contributed by atoms with Gasteiger partial charge in [-0.05, 0) is 25.7 Å². The summed E-state index contributed by atoms with van der Waals surface area (Å²) in [4.78, 5) is 24.6. The Bertz CT molecular complexity index is 1080. The number of amides is 1. The maximum Gasteiger partial charge on any atom is 0.305 e. The summed E-state index contributed by atoms with van der Waals surface area (Å²) >= 11 is 0. The van der Waals surface area contributed by atoms with Gasteiger partial charge in [0, 0.05) is 12.8 Å². The van der Waals surface area contributed by atoms with Crippen molar-refractivity contribution in [3.63, 3.8) is 0 Å². The van der Waals surface area contributed by atoms with Gasteiger partial charge in [0.25, 0.3) is 0 Å². The highest BCUT2D eigenvalue weighted by molar-refractivity contribution is 5.76. The van der Waals surface area contributed by atoms with Crippen molar-refractivity contribution in [3.8, 4) is 0 Å². The quantitative estimate of drug-likeness (QED) is 0.0417. The van der Waals surface area contributed by atoms with Crippen LogP contribution in [0.5, 0.6) is 0 Å². The second kappa shape index (κ2) is 65.4. The number of carbonyl (C=O) groups is 2. The molecule has 3 N–H and O–H groups in total. The molecule has 0 radical (unpaired) electrons. The molecule has 0 aliphatic carbocycles.